The number of aryl methyl sites for hydroxylation is 4. The molecule has 8 nitrogen and oxygen atoms in total. The van der Waals surface area contributed by atoms with Gasteiger partial charge in [-0.15, -0.1) is 0 Å². The predicted octanol–water partition coefficient (Wildman–Crippen LogP) is 3.91. The molecule has 0 spiro atoms. The first-order valence-corrected chi connectivity index (χ1v) is 11.3. The van der Waals surface area contributed by atoms with Gasteiger partial charge in [0, 0.05) is 18.0 Å². The molecule has 2 heterocycles. The van der Waals surface area contributed by atoms with Crippen LogP contribution in [0.3, 0.4) is 0 Å². The van der Waals surface area contributed by atoms with Crippen LogP contribution in [0.5, 0.6) is 5.75 Å². The van der Waals surface area contributed by atoms with Crippen LogP contribution >= 0.6 is 0 Å². The summed E-state index contributed by atoms with van der Waals surface area (Å²) < 4.78 is 32.3. The number of hydrogen-bond donors (Lipinski definition) is 1. The highest BCUT2D eigenvalue weighted by Gasteiger charge is 2.20. The average molecular weight is 451 g/mol. The molecule has 0 saturated heterocycles. The van der Waals surface area contributed by atoms with E-state index in [0.717, 1.165) is 22.3 Å². The van der Waals surface area contributed by atoms with Gasteiger partial charge in [0.25, 0.3) is 5.91 Å². The molecule has 1 N–H and O–H groups in total. The Hall–Kier alpha value is -3.72. The molecular weight excluding hydrogens is 428 g/mol. The second-order valence-electron chi connectivity index (χ2n) is 7.59. The highest BCUT2D eigenvalue weighted by atomic mass is 32.2. The number of hydrogen-bond acceptors (Lipinski definition) is 6. The Bertz CT molecular complexity index is 1440. The largest absolute Gasteiger partial charge is 0.379 e. The Morgan fingerprint density at radius 3 is 2.47 bits per heavy atom. The van der Waals surface area contributed by atoms with Crippen LogP contribution in [0.1, 0.15) is 27.2 Å². The van der Waals surface area contributed by atoms with E-state index in [1.807, 2.05) is 33.0 Å². The van der Waals surface area contributed by atoms with Crippen LogP contribution in [0.4, 0.5) is 5.69 Å². The first kappa shape index (κ1) is 21.5. The summed E-state index contributed by atoms with van der Waals surface area (Å²) in [4.78, 5) is 17.1. The Morgan fingerprint density at radius 2 is 1.75 bits per heavy atom. The number of nitrogens with zero attached hydrogens (tertiary/aromatic N) is 3. The number of rotatable bonds is 5. The van der Waals surface area contributed by atoms with Gasteiger partial charge < -0.3 is 9.50 Å². The van der Waals surface area contributed by atoms with Crippen LogP contribution in [0.15, 0.2) is 59.6 Å². The number of carbonyl (C=O) groups is 1. The number of fused-ring (bicyclic) bond motifs is 1. The molecule has 32 heavy (non-hydrogen) atoms. The number of carbonyl (C=O) groups excluding carboxylic acids is 1. The number of amides is 1. The topological polar surface area (TPSA) is 103 Å². The van der Waals surface area contributed by atoms with Crippen LogP contribution in [-0.4, -0.2) is 29.1 Å². The normalized spacial score (nSPS) is 11.5. The molecule has 0 atom stereocenters. The third-order valence-corrected chi connectivity index (χ3v) is 6.45. The fourth-order valence-electron chi connectivity index (χ4n) is 3.39. The maximum absolute atomic E-state index is 12.7. The molecule has 2 aromatic heterocycles. The van der Waals surface area contributed by atoms with Crippen molar-refractivity contribution in [2.45, 2.75) is 25.7 Å². The molecule has 9 heteroatoms. The highest BCUT2D eigenvalue weighted by molar-refractivity contribution is 7.87. The van der Waals surface area contributed by atoms with E-state index in [0.29, 0.717) is 16.8 Å². The van der Waals surface area contributed by atoms with Gasteiger partial charge in [0.15, 0.2) is 5.65 Å². The quantitative estimate of drug-likeness (QED) is 0.463. The van der Waals surface area contributed by atoms with E-state index >= 15 is 0 Å². The Kier molecular flexibility index (Phi) is 5.43. The summed E-state index contributed by atoms with van der Waals surface area (Å²) in [6.07, 6.45) is 1.57. The number of aromatic nitrogens is 3. The van der Waals surface area contributed by atoms with Crippen molar-refractivity contribution in [1.82, 2.24) is 14.8 Å². The molecule has 4 rings (SSSR count). The monoisotopic (exact) mass is 450 g/mol. The summed E-state index contributed by atoms with van der Waals surface area (Å²) in [6, 6.07) is 12.9. The SMILES string of the molecule is Cc1ccc(C)c(S(=O)(=O)Oc2ccc(C(=O)Nc3cnc4c(c3)c(C)nn4C)cc2)c1. The van der Waals surface area contributed by atoms with Crippen molar-refractivity contribution < 1.29 is 17.4 Å². The van der Waals surface area contributed by atoms with Crippen molar-refractivity contribution >= 4 is 32.7 Å². The van der Waals surface area contributed by atoms with Gasteiger partial charge in [0.2, 0.25) is 0 Å². The Labute approximate surface area is 186 Å². The van der Waals surface area contributed by atoms with Crippen LogP contribution in [0.25, 0.3) is 11.0 Å². The van der Waals surface area contributed by atoms with Gasteiger partial charge in [0.1, 0.15) is 10.6 Å². The Balaban J connectivity index is 1.50. The first-order chi connectivity index (χ1) is 15.1. The molecular formula is C23H22N4O4S. The highest BCUT2D eigenvalue weighted by Crippen LogP contribution is 2.24. The Morgan fingerprint density at radius 1 is 1.03 bits per heavy atom. The predicted molar refractivity (Wildman–Crippen MR) is 121 cm³/mol. The summed E-state index contributed by atoms with van der Waals surface area (Å²) in [5, 5.41) is 7.97. The lowest BCUT2D eigenvalue weighted by Gasteiger charge is -2.11. The summed E-state index contributed by atoms with van der Waals surface area (Å²) >= 11 is 0. The standard InChI is InChI=1S/C23H22N4O4S/c1-14-5-6-15(2)21(11-14)32(29,30)31-19-9-7-17(8-10-19)23(28)25-18-12-20-16(3)26-27(4)22(20)24-13-18/h5-13H,1-4H3,(H,25,28). The molecule has 0 radical (unpaired) electrons. The molecule has 0 unspecified atom stereocenters. The molecule has 4 aromatic rings. The lowest BCUT2D eigenvalue weighted by molar-refractivity contribution is 0.102. The molecule has 0 aliphatic carbocycles. The van der Waals surface area contributed by atoms with Gasteiger partial charge in [-0.3, -0.25) is 9.48 Å². The van der Waals surface area contributed by atoms with Gasteiger partial charge >= 0.3 is 10.1 Å². The van der Waals surface area contributed by atoms with Gasteiger partial charge in [-0.25, -0.2) is 4.98 Å². The molecule has 164 valence electrons. The van der Waals surface area contributed by atoms with Gasteiger partial charge in [-0.1, -0.05) is 12.1 Å². The van der Waals surface area contributed by atoms with Gasteiger partial charge in [0.05, 0.1) is 17.6 Å². The minimum absolute atomic E-state index is 0.118. The van der Waals surface area contributed by atoms with E-state index in [1.165, 1.54) is 24.3 Å². The van der Waals surface area contributed by atoms with Crippen LogP contribution < -0.4 is 9.50 Å². The zero-order valence-corrected chi connectivity index (χ0v) is 18.9. The third-order valence-electron chi connectivity index (χ3n) is 5.06. The van der Waals surface area contributed by atoms with Crippen molar-refractivity contribution in [2.75, 3.05) is 5.32 Å². The first-order valence-electron chi connectivity index (χ1n) is 9.86. The molecule has 2 aromatic carbocycles. The smallest absolute Gasteiger partial charge is 0.339 e. The number of benzene rings is 2. The molecule has 0 fully saturated rings. The van der Waals surface area contributed by atoms with Crippen molar-refractivity contribution in [3.8, 4) is 5.75 Å². The van der Waals surface area contributed by atoms with Crippen LogP contribution in [-0.2, 0) is 17.2 Å². The van der Waals surface area contributed by atoms with E-state index in [4.69, 9.17) is 4.18 Å². The van der Waals surface area contributed by atoms with Crippen molar-refractivity contribution in [2.24, 2.45) is 7.05 Å². The molecule has 0 aliphatic heterocycles. The van der Waals surface area contributed by atoms with E-state index in [2.05, 4.69) is 15.4 Å². The molecule has 0 aliphatic rings. The maximum atomic E-state index is 12.7. The van der Waals surface area contributed by atoms with E-state index < -0.39 is 10.1 Å². The van der Waals surface area contributed by atoms with E-state index in [9.17, 15) is 13.2 Å². The lowest BCUT2D eigenvalue weighted by Crippen LogP contribution is -2.13. The minimum Gasteiger partial charge on any atom is -0.379 e. The van der Waals surface area contributed by atoms with Gasteiger partial charge in [-0.05, 0) is 68.3 Å². The average Bonchev–Trinajstić information content (AvgIpc) is 3.03. The molecule has 0 bridgehead atoms. The number of pyridine rings is 1. The summed E-state index contributed by atoms with van der Waals surface area (Å²) in [7, 11) is -2.18. The second kappa shape index (κ2) is 8.08. The third kappa shape index (κ3) is 4.19. The zero-order chi connectivity index (χ0) is 23.0. The lowest BCUT2D eigenvalue weighted by atomic mass is 10.2. The van der Waals surface area contributed by atoms with Crippen molar-refractivity contribution in [1.29, 1.82) is 0 Å². The van der Waals surface area contributed by atoms with Crippen molar-refractivity contribution in [3.63, 3.8) is 0 Å². The fraction of sp³-hybridized carbons (Fsp3) is 0.174. The van der Waals surface area contributed by atoms with Crippen molar-refractivity contribution in [3.05, 3.63) is 77.1 Å². The summed E-state index contributed by atoms with van der Waals surface area (Å²) in [5.74, 6) is -0.229. The zero-order valence-electron chi connectivity index (χ0n) is 18.1. The second-order valence-corrected chi connectivity index (χ2v) is 9.10. The summed E-state index contributed by atoms with van der Waals surface area (Å²) in [5.41, 5.74) is 3.85. The van der Waals surface area contributed by atoms with Gasteiger partial charge in [-0.2, -0.15) is 13.5 Å². The molecule has 1 amide bonds. The number of nitrogens with one attached hydrogen (secondary N) is 1. The van der Waals surface area contributed by atoms with E-state index in [-0.39, 0.29) is 16.6 Å². The summed E-state index contributed by atoms with van der Waals surface area (Å²) in [6.45, 7) is 5.40. The minimum atomic E-state index is -3.99. The van der Waals surface area contributed by atoms with Crippen LogP contribution in [0.2, 0.25) is 0 Å². The van der Waals surface area contributed by atoms with E-state index in [1.54, 1.807) is 29.9 Å². The maximum Gasteiger partial charge on any atom is 0.339 e. The van der Waals surface area contributed by atoms with Crippen LogP contribution in [0, 0.1) is 20.8 Å². The molecule has 0 saturated carbocycles. The fourth-order valence-corrected chi connectivity index (χ4v) is 4.64. The number of anilines is 1.